The minimum atomic E-state index is -0.0890. The minimum Gasteiger partial charge on any atom is -0.507 e. The van der Waals surface area contributed by atoms with Gasteiger partial charge in [0.25, 0.3) is 0 Å². The Hall–Kier alpha value is -1.24. The zero-order chi connectivity index (χ0) is 27.0. The maximum Gasteiger partial charge on any atom is 0.123 e. The van der Waals surface area contributed by atoms with Gasteiger partial charge in [0.15, 0.2) is 0 Å². The summed E-state index contributed by atoms with van der Waals surface area (Å²) < 4.78 is 0. The van der Waals surface area contributed by atoms with Crippen LogP contribution in [0.2, 0.25) is 0 Å². The molecule has 0 aromatic heterocycles. The van der Waals surface area contributed by atoms with E-state index < -0.39 is 0 Å². The quantitative estimate of drug-likeness (QED) is 0.188. The highest BCUT2D eigenvalue weighted by molar-refractivity contribution is 5.67. The lowest BCUT2D eigenvalue weighted by Gasteiger charge is -2.28. The second-order valence-electron chi connectivity index (χ2n) is 13.4. The van der Waals surface area contributed by atoms with Crippen molar-refractivity contribution in [2.75, 3.05) is 0 Å². The number of hydrogen-bond donors (Lipinski definition) is 1. The number of hydrogen-bond acceptors (Lipinski definition) is 1. The fraction of sp³-hybridized carbons (Fsp3) is 0.771. The molecule has 0 fully saturated rings. The van der Waals surface area contributed by atoms with Gasteiger partial charge in [-0.25, -0.2) is 0 Å². The third kappa shape index (κ3) is 13.3. The molecule has 1 heteroatoms. The average Bonchev–Trinajstić information content (AvgIpc) is 2.79. The number of unbranched alkanes of at least 4 members (excludes halogenated alkanes) is 16. The standard InChI is InChI=1S/C35H62O/c1-9-10-11-12-13-14-15-16-17-18-19-20-21-22-23-24-25-26-29(2)30-27-31(34(3,4)5)33(36)32(28-30)35(6,7)8/h27-28,36H,2,9-26H2,1,3-8H3. The van der Waals surface area contributed by atoms with Crippen molar-refractivity contribution in [3.8, 4) is 5.75 Å². The monoisotopic (exact) mass is 498 g/mol. The fourth-order valence-corrected chi connectivity index (χ4v) is 5.19. The highest BCUT2D eigenvalue weighted by atomic mass is 16.3. The molecular formula is C35H62O. The summed E-state index contributed by atoms with van der Waals surface area (Å²) in [5.41, 5.74) is 4.32. The van der Waals surface area contributed by atoms with Gasteiger partial charge in [-0.1, -0.05) is 158 Å². The van der Waals surface area contributed by atoms with E-state index in [2.05, 4.69) is 67.2 Å². The SMILES string of the molecule is C=C(CCCCCCCCCCCCCCCCCCC)c1cc(C(C)(C)C)c(O)c(C(C)(C)C)c1. The molecular weight excluding hydrogens is 436 g/mol. The molecule has 0 radical (unpaired) electrons. The van der Waals surface area contributed by atoms with Crippen LogP contribution in [0, 0.1) is 0 Å². The Labute approximate surface area is 226 Å². The molecule has 1 aromatic rings. The van der Waals surface area contributed by atoms with Crippen molar-refractivity contribution >= 4 is 5.57 Å². The predicted molar refractivity (Wildman–Crippen MR) is 163 cm³/mol. The molecule has 0 saturated carbocycles. The van der Waals surface area contributed by atoms with Gasteiger partial charge >= 0.3 is 0 Å². The van der Waals surface area contributed by atoms with E-state index in [9.17, 15) is 5.11 Å². The van der Waals surface area contributed by atoms with Crippen molar-refractivity contribution in [1.82, 2.24) is 0 Å². The van der Waals surface area contributed by atoms with Gasteiger partial charge in [-0.15, -0.1) is 0 Å². The van der Waals surface area contributed by atoms with E-state index in [1.807, 2.05) is 0 Å². The average molecular weight is 499 g/mol. The van der Waals surface area contributed by atoms with E-state index in [0.29, 0.717) is 5.75 Å². The summed E-state index contributed by atoms with van der Waals surface area (Å²) in [6.45, 7) is 19.8. The van der Waals surface area contributed by atoms with Crippen molar-refractivity contribution in [1.29, 1.82) is 0 Å². The normalized spacial score (nSPS) is 12.3. The summed E-state index contributed by atoms with van der Waals surface area (Å²) in [5.74, 6) is 0.462. The molecule has 0 heterocycles. The van der Waals surface area contributed by atoms with Crippen molar-refractivity contribution in [2.45, 2.75) is 175 Å². The van der Waals surface area contributed by atoms with Gasteiger partial charge in [-0.3, -0.25) is 0 Å². The van der Waals surface area contributed by atoms with E-state index in [1.54, 1.807) is 0 Å². The molecule has 0 aliphatic carbocycles. The van der Waals surface area contributed by atoms with Crippen LogP contribution in [-0.4, -0.2) is 5.11 Å². The van der Waals surface area contributed by atoms with Crippen molar-refractivity contribution in [2.24, 2.45) is 0 Å². The Bertz CT molecular complexity index is 693. The molecule has 0 amide bonds. The summed E-state index contributed by atoms with van der Waals surface area (Å²) in [6.07, 6.45) is 24.9. The molecule has 0 aliphatic heterocycles. The lowest BCUT2D eigenvalue weighted by Crippen LogP contribution is -2.17. The van der Waals surface area contributed by atoms with Crippen LogP contribution in [0.1, 0.15) is 181 Å². The number of phenols is 1. The van der Waals surface area contributed by atoms with Crippen LogP contribution in [0.5, 0.6) is 5.75 Å². The van der Waals surface area contributed by atoms with Gasteiger partial charge in [0.05, 0.1) is 0 Å². The zero-order valence-corrected chi connectivity index (χ0v) is 25.5. The Morgan fingerprint density at radius 1 is 0.583 bits per heavy atom. The van der Waals surface area contributed by atoms with Gasteiger partial charge in [-0.05, 0) is 46.9 Å². The first-order chi connectivity index (χ1) is 17.0. The van der Waals surface area contributed by atoms with E-state index >= 15 is 0 Å². The first kappa shape index (κ1) is 32.8. The molecule has 0 spiro atoms. The Morgan fingerprint density at radius 2 is 0.889 bits per heavy atom. The van der Waals surface area contributed by atoms with E-state index in [0.717, 1.165) is 17.5 Å². The highest BCUT2D eigenvalue weighted by Gasteiger charge is 2.26. The third-order valence-electron chi connectivity index (χ3n) is 7.72. The van der Waals surface area contributed by atoms with Crippen LogP contribution in [0.15, 0.2) is 18.7 Å². The summed E-state index contributed by atoms with van der Waals surface area (Å²) in [6, 6.07) is 4.36. The number of allylic oxidation sites excluding steroid dienone is 1. The summed E-state index contributed by atoms with van der Waals surface area (Å²) >= 11 is 0. The maximum absolute atomic E-state index is 11.0. The molecule has 208 valence electrons. The topological polar surface area (TPSA) is 20.2 Å². The van der Waals surface area contributed by atoms with E-state index in [-0.39, 0.29) is 10.8 Å². The maximum atomic E-state index is 11.0. The Kier molecular flexibility index (Phi) is 15.8. The van der Waals surface area contributed by atoms with Crippen LogP contribution >= 0.6 is 0 Å². The number of benzene rings is 1. The van der Waals surface area contributed by atoms with Crippen LogP contribution in [0.3, 0.4) is 0 Å². The largest absolute Gasteiger partial charge is 0.507 e. The lowest BCUT2D eigenvalue weighted by atomic mass is 9.77. The molecule has 0 unspecified atom stereocenters. The lowest BCUT2D eigenvalue weighted by molar-refractivity contribution is 0.423. The molecule has 1 nitrogen and oxygen atoms in total. The van der Waals surface area contributed by atoms with Gasteiger partial charge in [0, 0.05) is 11.1 Å². The van der Waals surface area contributed by atoms with E-state index in [4.69, 9.17) is 0 Å². The predicted octanol–water partition coefficient (Wildman–Crippen LogP) is 12.0. The van der Waals surface area contributed by atoms with Gasteiger partial charge in [0.1, 0.15) is 5.75 Å². The second-order valence-corrected chi connectivity index (χ2v) is 13.4. The number of rotatable bonds is 19. The van der Waals surface area contributed by atoms with Gasteiger partial charge in [-0.2, -0.15) is 0 Å². The molecule has 1 N–H and O–H groups in total. The van der Waals surface area contributed by atoms with Gasteiger partial charge in [0.2, 0.25) is 0 Å². The van der Waals surface area contributed by atoms with Crippen LogP contribution in [0.4, 0.5) is 0 Å². The smallest absolute Gasteiger partial charge is 0.123 e. The number of phenolic OH excluding ortho intramolecular Hbond substituents is 1. The van der Waals surface area contributed by atoms with Crippen molar-refractivity contribution in [3.05, 3.63) is 35.4 Å². The summed E-state index contributed by atoms with van der Waals surface area (Å²) in [5, 5.41) is 11.0. The highest BCUT2D eigenvalue weighted by Crippen LogP contribution is 2.41. The van der Waals surface area contributed by atoms with Crippen LogP contribution < -0.4 is 0 Å². The molecule has 0 saturated heterocycles. The second kappa shape index (κ2) is 17.3. The van der Waals surface area contributed by atoms with E-state index in [1.165, 1.54) is 120 Å². The summed E-state index contributed by atoms with van der Waals surface area (Å²) in [4.78, 5) is 0. The first-order valence-electron chi connectivity index (χ1n) is 15.5. The molecule has 0 atom stereocenters. The van der Waals surface area contributed by atoms with Crippen molar-refractivity contribution < 1.29 is 5.11 Å². The molecule has 1 aromatic carbocycles. The Morgan fingerprint density at radius 3 is 1.19 bits per heavy atom. The first-order valence-corrected chi connectivity index (χ1v) is 15.5. The van der Waals surface area contributed by atoms with Crippen molar-refractivity contribution in [3.63, 3.8) is 0 Å². The number of aromatic hydroxyl groups is 1. The molecule has 36 heavy (non-hydrogen) atoms. The zero-order valence-electron chi connectivity index (χ0n) is 25.5. The van der Waals surface area contributed by atoms with Crippen LogP contribution in [-0.2, 0) is 10.8 Å². The fourth-order valence-electron chi connectivity index (χ4n) is 5.19. The summed E-state index contributed by atoms with van der Waals surface area (Å²) in [7, 11) is 0. The third-order valence-corrected chi connectivity index (χ3v) is 7.72. The van der Waals surface area contributed by atoms with Gasteiger partial charge < -0.3 is 5.11 Å². The van der Waals surface area contributed by atoms with Crippen LogP contribution in [0.25, 0.3) is 5.57 Å². The molecule has 0 bridgehead atoms. The molecule has 1 rings (SSSR count). The minimum absolute atomic E-state index is 0.0890. The Balaban J connectivity index is 2.20. The molecule has 0 aliphatic rings.